The molecule has 0 saturated carbocycles. The van der Waals surface area contributed by atoms with Crippen molar-refractivity contribution in [1.29, 1.82) is 0 Å². The van der Waals surface area contributed by atoms with Gasteiger partial charge in [0.2, 0.25) is 0 Å². The first-order chi connectivity index (χ1) is 13.5. The molecule has 0 bridgehead atoms. The van der Waals surface area contributed by atoms with Gasteiger partial charge in [0.1, 0.15) is 24.0 Å². The van der Waals surface area contributed by atoms with Gasteiger partial charge in [0.25, 0.3) is 0 Å². The molecule has 0 fully saturated rings. The molecule has 7 nitrogen and oxygen atoms in total. The second-order valence-electron chi connectivity index (χ2n) is 5.32. The monoisotopic (exact) mass is 406 g/mol. The van der Waals surface area contributed by atoms with Crippen LogP contribution in [0.15, 0.2) is 61.1 Å². The van der Waals surface area contributed by atoms with Crippen molar-refractivity contribution in [1.82, 2.24) is 0 Å². The topological polar surface area (TPSA) is 94.5 Å². The summed E-state index contributed by atoms with van der Waals surface area (Å²) in [4.78, 5) is 0. The van der Waals surface area contributed by atoms with E-state index < -0.39 is 11.4 Å². The number of hydrogen-bond acceptors (Lipinski definition) is 7. The molecular formula is C20H22O7S. The number of benzene rings is 2. The Morgan fingerprint density at radius 3 is 1.46 bits per heavy atom. The van der Waals surface area contributed by atoms with E-state index in [0.717, 1.165) is 0 Å². The Balaban J connectivity index is 2.07. The van der Waals surface area contributed by atoms with Gasteiger partial charge in [-0.25, -0.2) is 0 Å². The van der Waals surface area contributed by atoms with Crippen molar-refractivity contribution in [3.63, 3.8) is 0 Å². The van der Waals surface area contributed by atoms with Crippen LogP contribution in [0.5, 0.6) is 11.5 Å². The average molecular weight is 406 g/mol. The fourth-order valence-corrected chi connectivity index (χ4v) is 2.50. The van der Waals surface area contributed by atoms with Crippen LogP contribution >= 0.6 is 0 Å². The number of phenols is 2. The van der Waals surface area contributed by atoms with Gasteiger partial charge < -0.3 is 28.1 Å². The van der Waals surface area contributed by atoms with E-state index in [1.165, 1.54) is 36.8 Å². The van der Waals surface area contributed by atoms with E-state index >= 15 is 0 Å². The minimum absolute atomic E-state index is 0.121. The zero-order valence-electron chi connectivity index (χ0n) is 15.5. The lowest BCUT2D eigenvalue weighted by atomic mass is 10.2. The maximum absolute atomic E-state index is 12.0. The molecule has 150 valence electrons. The number of phenolic OH excluding ortho intramolecular Hbond substituents is 2. The predicted octanol–water partition coefficient (Wildman–Crippen LogP) is 4.08. The molecule has 0 atom stereocenters. The molecule has 0 spiro atoms. The first kappa shape index (κ1) is 21.2. The fraction of sp³-hybridized carbons (Fsp3) is 0.200. The quantitative estimate of drug-likeness (QED) is 0.574. The molecule has 0 heterocycles. The highest BCUT2D eigenvalue weighted by molar-refractivity contribution is 7.75. The van der Waals surface area contributed by atoms with Crippen molar-refractivity contribution in [3.05, 3.63) is 72.2 Å². The van der Waals surface area contributed by atoms with Crippen LogP contribution in [0.3, 0.4) is 0 Å². The Bertz CT molecular complexity index is 757. The summed E-state index contributed by atoms with van der Waals surface area (Å²) in [6, 6.07) is 12.6. The van der Waals surface area contributed by atoms with Crippen LogP contribution in [0.1, 0.15) is 25.0 Å². The van der Waals surface area contributed by atoms with Gasteiger partial charge in [0.05, 0.1) is 13.2 Å². The highest BCUT2D eigenvalue weighted by atomic mass is 32.2. The predicted molar refractivity (Wildman–Crippen MR) is 106 cm³/mol. The molecule has 2 aromatic rings. The van der Waals surface area contributed by atoms with Crippen LogP contribution in [0, 0.1) is 0 Å². The third-order valence-corrected chi connectivity index (χ3v) is 3.88. The normalized spacial score (nSPS) is 12.9. The SMILES string of the molecule is CCOC(=COS(=O)OC=C(OCC)c1ccc(O)cc1)c1ccc(O)cc1. The van der Waals surface area contributed by atoms with Crippen molar-refractivity contribution < 1.29 is 32.3 Å². The molecule has 8 heteroatoms. The second-order valence-corrected chi connectivity index (χ2v) is 6.11. The smallest absolute Gasteiger partial charge is 0.416 e. The van der Waals surface area contributed by atoms with E-state index in [-0.39, 0.29) is 11.5 Å². The molecule has 2 rings (SSSR count). The van der Waals surface area contributed by atoms with E-state index in [4.69, 9.17) is 17.8 Å². The zero-order valence-corrected chi connectivity index (χ0v) is 16.3. The molecule has 2 aromatic carbocycles. The van der Waals surface area contributed by atoms with E-state index in [2.05, 4.69) is 0 Å². The second kappa shape index (κ2) is 10.9. The van der Waals surface area contributed by atoms with Crippen molar-refractivity contribution in [3.8, 4) is 11.5 Å². The lowest BCUT2D eigenvalue weighted by molar-refractivity contribution is 0.281. The van der Waals surface area contributed by atoms with Gasteiger partial charge in [0.15, 0.2) is 11.5 Å². The van der Waals surface area contributed by atoms with Gasteiger partial charge in [-0.1, -0.05) is 0 Å². The Kier molecular flexibility index (Phi) is 8.23. The summed E-state index contributed by atoms with van der Waals surface area (Å²) in [6.07, 6.45) is 2.36. The van der Waals surface area contributed by atoms with Gasteiger partial charge in [-0.2, -0.15) is 4.21 Å². The van der Waals surface area contributed by atoms with E-state index in [0.29, 0.717) is 35.9 Å². The Morgan fingerprint density at radius 1 is 0.786 bits per heavy atom. The van der Waals surface area contributed by atoms with Crippen LogP contribution in [0.4, 0.5) is 0 Å². The molecule has 2 N–H and O–H groups in total. The number of ether oxygens (including phenoxy) is 2. The van der Waals surface area contributed by atoms with Crippen molar-refractivity contribution in [2.24, 2.45) is 0 Å². The minimum Gasteiger partial charge on any atom is -0.508 e. The van der Waals surface area contributed by atoms with E-state index in [9.17, 15) is 14.4 Å². The molecule has 0 aromatic heterocycles. The average Bonchev–Trinajstić information content (AvgIpc) is 2.70. The van der Waals surface area contributed by atoms with E-state index in [1.54, 1.807) is 38.1 Å². The number of aromatic hydroxyl groups is 2. The summed E-state index contributed by atoms with van der Waals surface area (Å²) in [7, 11) is 0. The van der Waals surface area contributed by atoms with Crippen molar-refractivity contribution >= 4 is 22.9 Å². The van der Waals surface area contributed by atoms with E-state index in [1.807, 2.05) is 0 Å². The lowest BCUT2D eigenvalue weighted by Crippen LogP contribution is -1.99. The highest BCUT2D eigenvalue weighted by Gasteiger charge is 2.08. The Morgan fingerprint density at radius 2 is 1.14 bits per heavy atom. The fourth-order valence-electron chi connectivity index (χ4n) is 2.12. The minimum atomic E-state index is -2.14. The van der Waals surface area contributed by atoms with Crippen LogP contribution in [0.25, 0.3) is 11.5 Å². The Hall–Kier alpha value is -3.13. The zero-order chi connectivity index (χ0) is 20.4. The maximum atomic E-state index is 12.0. The van der Waals surface area contributed by atoms with Gasteiger partial charge in [-0.3, -0.25) is 0 Å². The molecular weight excluding hydrogens is 384 g/mol. The van der Waals surface area contributed by atoms with Crippen LogP contribution in [-0.4, -0.2) is 27.6 Å². The summed E-state index contributed by atoms with van der Waals surface area (Å²) in [6.45, 7) is 4.35. The largest absolute Gasteiger partial charge is 0.508 e. The van der Waals surface area contributed by atoms with Crippen LogP contribution in [0.2, 0.25) is 0 Å². The molecule has 0 aliphatic rings. The van der Waals surface area contributed by atoms with Gasteiger partial charge >= 0.3 is 11.4 Å². The summed E-state index contributed by atoms with van der Waals surface area (Å²) in [5.74, 6) is 0.921. The first-order valence-electron chi connectivity index (χ1n) is 8.54. The summed E-state index contributed by atoms with van der Waals surface area (Å²) < 4.78 is 33.1. The first-order valence-corrected chi connectivity index (χ1v) is 9.54. The molecule has 28 heavy (non-hydrogen) atoms. The molecule has 0 unspecified atom stereocenters. The molecule has 0 aliphatic carbocycles. The number of hydrogen-bond donors (Lipinski definition) is 2. The van der Waals surface area contributed by atoms with Gasteiger partial charge in [-0.15, -0.1) is 0 Å². The standard InChI is InChI=1S/C20H22O7S/c1-3-24-19(15-5-9-17(21)10-6-15)13-26-28(23)27-14-20(25-4-2)16-7-11-18(22)12-8-16/h5-14,21-22H,3-4H2,1-2H3. The highest BCUT2D eigenvalue weighted by Crippen LogP contribution is 2.21. The third kappa shape index (κ3) is 6.55. The van der Waals surface area contributed by atoms with Gasteiger partial charge in [0, 0.05) is 11.1 Å². The maximum Gasteiger partial charge on any atom is 0.416 e. The summed E-state index contributed by atoms with van der Waals surface area (Å²) >= 11 is -2.14. The number of rotatable bonds is 10. The van der Waals surface area contributed by atoms with Gasteiger partial charge in [-0.05, 0) is 62.4 Å². The lowest BCUT2D eigenvalue weighted by Gasteiger charge is -2.10. The summed E-state index contributed by atoms with van der Waals surface area (Å²) in [5, 5.41) is 18.7. The molecule has 0 radical (unpaired) electrons. The van der Waals surface area contributed by atoms with Crippen molar-refractivity contribution in [2.75, 3.05) is 13.2 Å². The van der Waals surface area contributed by atoms with Crippen LogP contribution in [-0.2, 0) is 29.2 Å². The van der Waals surface area contributed by atoms with Crippen molar-refractivity contribution in [2.45, 2.75) is 13.8 Å². The third-order valence-electron chi connectivity index (χ3n) is 3.37. The molecule has 0 saturated heterocycles. The summed E-state index contributed by atoms with van der Waals surface area (Å²) in [5.41, 5.74) is 1.29. The van der Waals surface area contributed by atoms with Crippen LogP contribution < -0.4 is 0 Å². The molecule has 0 amide bonds. The molecule has 0 aliphatic heterocycles. The Labute approximate surface area is 166 Å².